The van der Waals surface area contributed by atoms with E-state index in [0.717, 1.165) is 12.0 Å². The smallest absolute Gasteiger partial charge is 0.00957 e. The molecular formula is C21H43N. The number of hydrogen-bond donors (Lipinski definition) is 0. The second-order valence-electron chi connectivity index (χ2n) is 8.15. The van der Waals surface area contributed by atoms with Crippen molar-refractivity contribution < 1.29 is 0 Å². The molecule has 2 unspecified atom stereocenters. The van der Waals surface area contributed by atoms with Crippen LogP contribution in [0, 0.1) is 11.3 Å². The van der Waals surface area contributed by atoms with E-state index in [0.29, 0.717) is 5.41 Å². The molecule has 0 bridgehead atoms. The van der Waals surface area contributed by atoms with Crippen molar-refractivity contribution in [3.63, 3.8) is 0 Å². The molecule has 0 aromatic carbocycles. The molecule has 2 atom stereocenters. The van der Waals surface area contributed by atoms with E-state index in [1.54, 1.807) is 0 Å². The van der Waals surface area contributed by atoms with E-state index in [2.05, 4.69) is 39.5 Å². The van der Waals surface area contributed by atoms with Gasteiger partial charge in [-0.25, -0.2) is 0 Å². The number of rotatable bonds is 13. The number of likely N-dealkylation sites (tertiary alicyclic amines) is 1. The van der Waals surface area contributed by atoms with Gasteiger partial charge in [-0.2, -0.15) is 0 Å². The minimum absolute atomic E-state index is 0.687. The first-order valence-corrected chi connectivity index (χ1v) is 10.3. The average molecular weight is 310 g/mol. The Kier molecular flexibility index (Phi) is 9.71. The molecule has 0 aromatic rings. The fraction of sp³-hybridized carbons (Fsp3) is 1.00. The number of hydrogen-bond acceptors (Lipinski definition) is 1. The van der Waals surface area contributed by atoms with Crippen LogP contribution in [0.4, 0.5) is 0 Å². The summed E-state index contributed by atoms with van der Waals surface area (Å²) in [6.07, 6.45) is 15.5. The first kappa shape index (κ1) is 20.0. The predicted molar refractivity (Wildman–Crippen MR) is 100 cm³/mol. The molecule has 1 heteroatoms. The molecular weight excluding hydrogens is 266 g/mol. The first-order valence-electron chi connectivity index (χ1n) is 10.3. The summed E-state index contributed by atoms with van der Waals surface area (Å²) in [6.45, 7) is 14.6. The average Bonchev–Trinajstić information content (AvgIpc) is 2.48. The second-order valence-corrected chi connectivity index (χ2v) is 8.15. The van der Waals surface area contributed by atoms with Crippen molar-refractivity contribution in [1.29, 1.82) is 0 Å². The fourth-order valence-electron chi connectivity index (χ4n) is 4.32. The summed E-state index contributed by atoms with van der Waals surface area (Å²) in [5.41, 5.74) is 0.687. The molecule has 1 rings (SSSR count). The summed E-state index contributed by atoms with van der Waals surface area (Å²) >= 11 is 0. The van der Waals surface area contributed by atoms with Gasteiger partial charge in [0.2, 0.25) is 0 Å². The Balaban J connectivity index is 2.46. The third-order valence-electron chi connectivity index (χ3n) is 6.00. The predicted octanol–water partition coefficient (Wildman–Crippen LogP) is 6.66. The third-order valence-corrected chi connectivity index (χ3v) is 6.00. The Labute approximate surface area is 141 Å². The molecule has 0 radical (unpaired) electrons. The Morgan fingerprint density at radius 1 is 0.818 bits per heavy atom. The molecule has 0 amide bonds. The van der Waals surface area contributed by atoms with E-state index in [1.165, 1.54) is 83.7 Å². The van der Waals surface area contributed by atoms with Crippen LogP contribution in [0.25, 0.3) is 0 Å². The summed E-state index contributed by atoms with van der Waals surface area (Å²) in [5, 5.41) is 0. The summed E-state index contributed by atoms with van der Waals surface area (Å²) < 4.78 is 0. The maximum atomic E-state index is 2.84. The largest absolute Gasteiger partial charge is 0.299 e. The van der Waals surface area contributed by atoms with Gasteiger partial charge in [-0.1, -0.05) is 73.1 Å². The van der Waals surface area contributed by atoms with Crippen LogP contribution in [0.1, 0.15) is 105 Å². The van der Waals surface area contributed by atoms with Crippen LogP contribution in [-0.2, 0) is 0 Å². The van der Waals surface area contributed by atoms with Gasteiger partial charge in [-0.15, -0.1) is 0 Å². The summed E-state index contributed by atoms with van der Waals surface area (Å²) in [5.74, 6) is 0.908. The molecule has 1 nitrogen and oxygen atoms in total. The summed E-state index contributed by atoms with van der Waals surface area (Å²) in [6, 6.07) is 0.871. The zero-order chi connectivity index (χ0) is 16.4. The standard InChI is InChI=1S/C21H43N/c1-6-10-11-16-21(15-8-3)17-22(18-21)20(12-7-2)14-13-19(5)9-4/h19-20H,6-18H2,1-5H3. The lowest BCUT2D eigenvalue weighted by atomic mass is 9.71. The molecule has 1 aliphatic heterocycles. The van der Waals surface area contributed by atoms with Crippen molar-refractivity contribution in [3.8, 4) is 0 Å². The Hall–Kier alpha value is -0.0400. The second kappa shape index (κ2) is 10.7. The van der Waals surface area contributed by atoms with Crippen LogP contribution in [0.3, 0.4) is 0 Å². The molecule has 1 heterocycles. The van der Waals surface area contributed by atoms with Crippen molar-refractivity contribution in [2.45, 2.75) is 111 Å². The zero-order valence-electron chi connectivity index (χ0n) is 16.3. The van der Waals surface area contributed by atoms with E-state index in [-0.39, 0.29) is 0 Å². The molecule has 132 valence electrons. The lowest BCUT2D eigenvalue weighted by Crippen LogP contribution is -2.59. The van der Waals surface area contributed by atoms with E-state index in [9.17, 15) is 0 Å². The number of unbranched alkanes of at least 4 members (excludes halogenated alkanes) is 2. The third kappa shape index (κ3) is 6.22. The van der Waals surface area contributed by atoms with Crippen molar-refractivity contribution >= 4 is 0 Å². The molecule has 0 N–H and O–H groups in total. The van der Waals surface area contributed by atoms with Crippen LogP contribution in [-0.4, -0.2) is 24.0 Å². The van der Waals surface area contributed by atoms with Gasteiger partial charge in [0.15, 0.2) is 0 Å². The van der Waals surface area contributed by atoms with Gasteiger partial charge in [0.05, 0.1) is 0 Å². The fourth-order valence-corrected chi connectivity index (χ4v) is 4.32. The molecule has 0 spiro atoms. The summed E-state index contributed by atoms with van der Waals surface area (Å²) in [4.78, 5) is 2.84. The minimum atomic E-state index is 0.687. The molecule has 1 saturated heterocycles. The van der Waals surface area contributed by atoms with Crippen molar-refractivity contribution in [3.05, 3.63) is 0 Å². The van der Waals surface area contributed by atoms with E-state index < -0.39 is 0 Å². The van der Waals surface area contributed by atoms with Crippen molar-refractivity contribution in [1.82, 2.24) is 4.90 Å². The van der Waals surface area contributed by atoms with Gasteiger partial charge >= 0.3 is 0 Å². The summed E-state index contributed by atoms with van der Waals surface area (Å²) in [7, 11) is 0. The van der Waals surface area contributed by atoms with E-state index in [4.69, 9.17) is 0 Å². The van der Waals surface area contributed by atoms with Crippen LogP contribution in [0.15, 0.2) is 0 Å². The lowest BCUT2D eigenvalue weighted by Gasteiger charge is -2.54. The van der Waals surface area contributed by atoms with E-state index >= 15 is 0 Å². The van der Waals surface area contributed by atoms with Gasteiger partial charge in [0.1, 0.15) is 0 Å². The SMILES string of the molecule is CCCCCC1(CCC)CN(C(CCC)CCC(C)CC)C1. The van der Waals surface area contributed by atoms with Gasteiger partial charge in [0.25, 0.3) is 0 Å². The maximum absolute atomic E-state index is 2.84. The van der Waals surface area contributed by atoms with Crippen LogP contribution >= 0.6 is 0 Å². The zero-order valence-corrected chi connectivity index (χ0v) is 16.3. The highest BCUT2D eigenvalue weighted by Crippen LogP contribution is 2.42. The molecule has 22 heavy (non-hydrogen) atoms. The molecule has 0 aliphatic carbocycles. The molecule has 0 aromatic heterocycles. The molecule has 0 saturated carbocycles. The highest BCUT2D eigenvalue weighted by atomic mass is 15.2. The van der Waals surface area contributed by atoms with Gasteiger partial charge in [0, 0.05) is 19.1 Å². The highest BCUT2D eigenvalue weighted by Gasteiger charge is 2.43. The van der Waals surface area contributed by atoms with Gasteiger partial charge < -0.3 is 0 Å². The quantitative estimate of drug-likeness (QED) is 0.344. The normalized spacial score (nSPS) is 20.6. The van der Waals surface area contributed by atoms with Crippen molar-refractivity contribution in [2.24, 2.45) is 11.3 Å². The highest BCUT2D eigenvalue weighted by molar-refractivity contribution is 4.97. The lowest BCUT2D eigenvalue weighted by molar-refractivity contribution is -0.0503. The maximum Gasteiger partial charge on any atom is 0.00957 e. The Morgan fingerprint density at radius 2 is 1.55 bits per heavy atom. The number of nitrogens with zero attached hydrogens (tertiary/aromatic N) is 1. The molecule has 1 aliphatic rings. The monoisotopic (exact) mass is 309 g/mol. The van der Waals surface area contributed by atoms with Crippen LogP contribution < -0.4 is 0 Å². The Morgan fingerprint density at radius 3 is 2.09 bits per heavy atom. The van der Waals surface area contributed by atoms with Crippen LogP contribution in [0.2, 0.25) is 0 Å². The molecule has 1 fully saturated rings. The Bertz CT molecular complexity index is 267. The van der Waals surface area contributed by atoms with Crippen molar-refractivity contribution in [2.75, 3.05) is 13.1 Å². The van der Waals surface area contributed by atoms with Gasteiger partial charge in [-0.3, -0.25) is 4.90 Å². The van der Waals surface area contributed by atoms with Crippen LogP contribution in [0.5, 0.6) is 0 Å². The van der Waals surface area contributed by atoms with Gasteiger partial charge in [-0.05, 0) is 43.4 Å². The minimum Gasteiger partial charge on any atom is -0.299 e. The first-order chi connectivity index (χ1) is 10.6. The van der Waals surface area contributed by atoms with E-state index in [1.807, 2.05) is 0 Å². The topological polar surface area (TPSA) is 3.24 Å².